The number of hydrogen-bond acceptors (Lipinski definition) is 5. The summed E-state index contributed by atoms with van der Waals surface area (Å²) in [6.45, 7) is 5.34. The average molecular weight is 374 g/mol. The lowest BCUT2D eigenvalue weighted by atomic mass is 10.1. The quantitative estimate of drug-likeness (QED) is 0.587. The molecule has 0 radical (unpaired) electrons. The van der Waals surface area contributed by atoms with Gasteiger partial charge in [0.1, 0.15) is 0 Å². The molecule has 3 rings (SSSR count). The van der Waals surface area contributed by atoms with E-state index in [1.807, 2.05) is 38.2 Å². The van der Waals surface area contributed by atoms with Gasteiger partial charge >= 0.3 is 0 Å². The van der Waals surface area contributed by atoms with Crippen molar-refractivity contribution in [3.63, 3.8) is 0 Å². The van der Waals surface area contributed by atoms with E-state index in [0.717, 1.165) is 5.52 Å². The van der Waals surface area contributed by atoms with Crippen LogP contribution in [0, 0.1) is 0 Å². The predicted octanol–water partition coefficient (Wildman–Crippen LogP) is 2.04. The van der Waals surface area contributed by atoms with Crippen molar-refractivity contribution in [2.45, 2.75) is 31.5 Å². The van der Waals surface area contributed by atoms with Crippen LogP contribution in [0.25, 0.3) is 10.9 Å². The Bertz CT molecular complexity index is 871. The van der Waals surface area contributed by atoms with Crippen LogP contribution in [0.5, 0.6) is 0 Å². The summed E-state index contributed by atoms with van der Waals surface area (Å²) in [5.74, 6) is 0.867. The van der Waals surface area contributed by atoms with Crippen molar-refractivity contribution in [3.05, 3.63) is 41.9 Å². The van der Waals surface area contributed by atoms with Gasteiger partial charge in [-0.25, -0.2) is 0 Å². The van der Waals surface area contributed by atoms with Gasteiger partial charge in [0.05, 0.1) is 5.75 Å². The second-order valence-electron chi connectivity index (χ2n) is 6.02. The van der Waals surface area contributed by atoms with Crippen LogP contribution in [0.15, 0.2) is 40.1 Å². The highest BCUT2D eigenvalue weighted by Gasteiger charge is 2.21. The predicted molar refractivity (Wildman–Crippen MR) is 101 cm³/mol. The van der Waals surface area contributed by atoms with E-state index in [4.69, 9.17) is 4.42 Å². The highest BCUT2D eigenvalue weighted by Crippen LogP contribution is 2.24. The minimum absolute atomic E-state index is 0.0738. The van der Waals surface area contributed by atoms with Crippen LogP contribution in [0.4, 0.5) is 0 Å². The summed E-state index contributed by atoms with van der Waals surface area (Å²) in [6, 6.07) is 8.01. The molecule has 0 aliphatic carbocycles. The Hall–Kier alpha value is -2.32. The van der Waals surface area contributed by atoms with Crippen molar-refractivity contribution in [1.82, 2.24) is 20.1 Å². The minimum atomic E-state index is -0.144. The fourth-order valence-electron chi connectivity index (χ4n) is 2.89. The molecule has 2 heterocycles. The lowest BCUT2D eigenvalue weighted by Gasteiger charge is -2.17. The normalized spacial score (nSPS) is 12.4. The molecule has 1 amide bonds. The lowest BCUT2D eigenvalue weighted by molar-refractivity contribution is -0.431. The zero-order valence-corrected chi connectivity index (χ0v) is 15.9. The molecule has 1 aromatic carbocycles. The van der Waals surface area contributed by atoms with E-state index in [1.54, 1.807) is 4.90 Å². The van der Waals surface area contributed by atoms with Crippen LogP contribution < -0.4 is 5.73 Å². The zero-order valence-electron chi connectivity index (χ0n) is 15.1. The van der Waals surface area contributed by atoms with Crippen molar-refractivity contribution < 1.29 is 14.9 Å². The number of amides is 1. The number of aromatic amines is 1. The minimum Gasteiger partial charge on any atom is -0.410 e. The van der Waals surface area contributed by atoms with Gasteiger partial charge in [-0.05, 0) is 25.5 Å². The maximum Gasteiger partial charge on any atom is 0.277 e. The zero-order chi connectivity index (χ0) is 18.5. The van der Waals surface area contributed by atoms with E-state index in [1.165, 1.54) is 22.7 Å². The second kappa shape index (κ2) is 8.37. The summed E-state index contributed by atoms with van der Waals surface area (Å²) in [5.41, 5.74) is 6.43. The number of rotatable bonds is 8. The van der Waals surface area contributed by atoms with Gasteiger partial charge in [-0.1, -0.05) is 30.0 Å². The van der Waals surface area contributed by atoms with E-state index in [-0.39, 0.29) is 11.9 Å². The monoisotopic (exact) mass is 374 g/mol. The van der Waals surface area contributed by atoms with Gasteiger partial charge < -0.3 is 20.0 Å². The number of carbonyl (C=O) groups excluding carboxylic acids is 1. The first-order valence-electron chi connectivity index (χ1n) is 8.74. The fraction of sp³-hybridized carbons (Fsp3) is 0.389. The molecule has 8 heteroatoms. The van der Waals surface area contributed by atoms with E-state index >= 15 is 0 Å². The van der Waals surface area contributed by atoms with Crippen LogP contribution in [0.3, 0.4) is 0 Å². The molecule has 0 bridgehead atoms. The number of carbonyl (C=O) groups is 1. The number of aromatic nitrogens is 3. The molecule has 0 spiro atoms. The molecule has 138 valence electrons. The highest BCUT2D eigenvalue weighted by atomic mass is 32.2. The van der Waals surface area contributed by atoms with Crippen molar-refractivity contribution in [1.29, 1.82) is 0 Å². The first kappa shape index (κ1) is 18.5. The van der Waals surface area contributed by atoms with Gasteiger partial charge in [0.15, 0.2) is 6.04 Å². The number of nitrogens with zero attached hydrogens (tertiary/aromatic N) is 3. The van der Waals surface area contributed by atoms with Gasteiger partial charge in [-0.2, -0.15) is 0 Å². The summed E-state index contributed by atoms with van der Waals surface area (Å²) in [7, 11) is 0. The molecule has 1 atom stereocenters. The third-order valence-corrected chi connectivity index (χ3v) is 5.15. The van der Waals surface area contributed by atoms with Crippen molar-refractivity contribution in [3.8, 4) is 0 Å². The maximum atomic E-state index is 12.1. The SMILES string of the molecule is CCN(CC)C(=O)CSc1nnc(C([NH3+])Cc2c[nH]c3ccccc23)o1. The average Bonchev–Trinajstić information content (AvgIpc) is 3.29. The summed E-state index contributed by atoms with van der Waals surface area (Å²) in [6.07, 6.45) is 2.70. The molecule has 7 nitrogen and oxygen atoms in total. The maximum absolute atomic E-state index is 12.1. The number of nitrogens with one attached hydrogen (secondary N) is 1. The van der Waals surface area contributed by atoms with Gasteiger partial charge in [0.25, 0.3) is 11.1 Å². The molecular formula is C18H24N5O2S+. The Morgan fingerprint density at radius 2 is 2.08 bits per heavy atom. The number of para-hydroxylation sites is 1. The van der Waals surface area contributed by atoms with Crippen molar-refractivity contribution >= 4 is 28.6 Å². The molecule has 1 unspecified atom stereocenters. The smallest absolute Gasteiger partial charge is 0.277 e. The van der Waals surface area contributed by atoms with Gasteiger partial charge in [0, 0.05) is 36.6 Å². The molecule has 4 N–H and O–H groups in total. The molecule has 2 aromatic heterocycles. The van der Waals surface area contributed by atoms with Crippen LogP contribution in [0.2, 0.25) is 0 Å². The molecule has 26 heavy (non-hydrogen) atoms. The Kier molecular flexibility index (Phi) is 5.95. The van der Waals surface area contributed by atoms with Crippen LogP contribution in [-0.2, 0) is 11.2 Å². The van der Waals surface area contributed by atoms with Crippen molar-refractivity contribution in [2.75, 3.05) is 18.8 Å². The molecule has 0 aliphatic rings. The number of fused-ring (bicyclic) bond motifs is 1. The molecule has 0 fully saturated rings. The summed E-state index contributed by atoms with van der Waals surface area (Å²) >= 11 is 1.27. The van der Waals surface area contributed by atoms with E-state index < -0.39 is 0 Å². The highest BCUT2D eigenvalue weighted by molar-refractivity contribution is 7.99. The summed E-state index contributed by atoms with van der Waals surface area (Å²) in [5, 5.41) is 9.74. The Labute approximate surface area is 156 Å². The van der Waals surface area contributed by atoms with Crippen LogP contribution >= 0.6 is 11.8 Å². The fourth-order valence-corrected chi connectivity index (χ4v) is 3.56. The number of benzene rings is 1. The van der Waals surface area contributed by atoms with Crippen LogP contribution in [0.1, 0.15) is 31.3 Å². The first-order valence-corrected chi connectivity index (χ1v) is 9.73. The topological polar surface area (TPSA) is 103 Å². The Morgan fingerprint density at radius 3 is 2.85 bits per heavy atom. The number of thioether (sulfide) groups is 1. The molecule has 0 saturated carbocycles. The number of hydrogen-bond donors (Lipinski definition) is 2. The summed E-state index contributed by atoms with van der Waals surface area (Å²) < 4.78 is 5.70. The largest absolute Gasteiger partial charge is 0.410 e. The van der Waals surface area contributed by atoms with Crippen molar-refractivity contribution in [2.24, 2.45) is 0 Å². The number of quaternary nitrogens is 1. The Balaban J connectivity index is 1.61. The van der Waals surface area contributed by atoms with E-state index in [2.05, 4.69) is 27.0 Å². The number of H-pyrrole nitrogens is 1. The van der Waals surface area contributed by atoms with E-state index in [9.17, 15) is 4.79 Å². The third-order valence-electron chi connectivity index (χ3n) is 4.35. The van der Waals surface area contributed by atoms with Crippen LogP contribution in [-0.4, -0.2) is 44.8 Å². The van der Waals surface area contributed by atoms with E-state index in [0.29, 0.717) is 36.4 Å². The van der Waals surface area contributed by atoms with Gasteiger partial charge in [-0.3, -0.25) is 4.79 Å². The third kappa shape index (κ3) is 4.08. The first-order chi connectivity index (χ1) is 12.6. The molecule has 3 aromatic rings. The molecule has 0 saturated heterocycles. The molecule has 0 aliphatic heterocycles. The summed E-state index contributed by atoms with van der Waals surface area (Å²) in [4.78, 5) is 17.1. The molecular weight excluding hydrogens is 350 g/mol. The standard InChI is InChI=1S/C18H23N5O2S/c1-3-23(4-2)16(24)11-26-18-22-21-17(25-18)14(19)9-12-10-20-15-8-6-5-7-13(12)15/h5-8,10,14,20H,3-4,9,11,19H2,1-2H3/p+1. The second-order valence-corrected chi connectivity index (χ2v) is 6.95. The van der Waals surface area contributed by atoms with Gasteiger partial charge in [0.2, 0.25) is 5.91 Å². The lowest BCUT2D eigenvalue weighted by Crippen LogP contribution is -2.54. The van der Waals surface area contributed by atoms with Gasteiger partial charge in [-0.15, -0.1) is 10.2 Å². The Morgan fingerprint density at radius 1 is 1.31 bits per heavy atom.